The molecule has 0 spiro atoms. The smallest absolute Gasteiger partial charge is 0.00900 e. The van der Waals surface area contributed by atoms with Crippen LogP contribution in [0.2, 0.25) is 0 Å². The molecule has 1 nitrogen and oxygen atoms in total. The van der Waals surface area contributed by atoms with Crippen LogP contribution in [0.4, 0.5) is 0 Å². The highest BCUT2D eigenvalue weighted by Crippen LogP contribution is 2.13. The van der Waals surface area contributed by atoms with Gasteiger partial charge in [0.15, 0.2) is 0 Å². The van der Waals surface area contributed by atoms with Crippen LogP contribution < -0.4 is 5.32 Å². The maximum atomic E-state index is 3.52. The van der Waals surface area contributed by atoms with Crippen molar-refractivity contribution in [3.63, 3.8) is 0 Å². The molecule has 0 aliphatic carbocycles. The molecule has 1 rings (SSSR count). The molecule has 1 aliphatic rings. The summed E-state index contributed by atoms with van der Waals surface area (Å²) >= 11 is 0. The summed E-state index contributed by atoms with van der Waals surface area (Å²) in [7, 11) is 0. The monoisotopic (exact) mass is 127 g/mol. The molecule has 0 saturated carbocycles. The lowest BCUT2D eigenvalue weighted by Crippen LogP contribution is -2.37. The molecule has 1 fully saturated rings. The molecule has 0 amide bonds. The van der Waals surface area contributed by atoms with Gasteiger partial charge in [0, 0.05) is 6.04 Å². The minimum atomic E-state index is 0.804. The zero-order chi connectivity index (χ0) is 6.69. The molecular formula is C8H17N. The van der Waals surface area contributed by atoms with Crippen LogP contribution in [0.15, 0.2) is 0 Å². The van der Waals surface area contributed by atoms with Crippen LogP contribution in [0.3, 0.4) is 0 Å². The van der Waals surface area contributed by atoms with Crippen molar-refractivity contribution in [1.82, 2.24) is 5.32 Å². The highest BCUT2D eigenvalue weighted by Gasteiger charge is 2.14. The van der Waals surface area contributed by atoms with E-state index in [4.69, 9.17) is 0 Å². The molecular weight excluding hydrogens is 110 g/mol. The zero-order valence-corrected chi connectivity index (χ0v) is 6.48. The van der Waals surface area contributed by atoms with Crippen molar-refractivity contribution in [3.05, 3.63) is 0 Å². The SMILES string of the molecule is CC(C)[C@H]1CCCCN1. The van der Waals surface area contributed by atoms with Crippen molar-refractivity contribution in [2.75, 3.05) is 6.54 Å². The summed E-state index contributed by atoms with van der Waals surface area (Å²) in [6.07, 6.45) is 4.19. The largest absolute Gasteiger partial charge is 0.314 e. The van der Waals surface area contributed by atoms with Crippen LogP contribution in [-0.4, -0.2) is 12.6 Å². The van der Waals surface area contributed by atoms with Gasteiger partial charge >= 0.3 is 0 Å². The molecule has 1 heterocycles. The Morgan fingerprint density at radius 2 is 2.11 bits per heavy atom. The van der Waals surface area contributed by atoms with Crippen molar-refractivity contribution in [2.45, 2.75) is 39.2 Å². The molecule has 1 atom stereocenters. The second-order valence-electron chi connectivity index (χ2n) is 3.30. The van der Waals surface area contributed by atoms with E-state index in [-0.39, 0.29) is 0 Å². The first kappa shape index (κ1) is 7.07. The van der Waals surface area contributed by atoms with E-state index in [2.05, 4.69) is 19.2 Å². The van der Waals surface area contributed by atoms with Crippen LogP contribution >= 0.6 is 0 Å². The fraction of sp³-hybridized carbons (Fsp3) is 1.00. The molecule has 1 N–H and O–H groups in total. The van der Waals surface area contributed by atoms with Gasteiger partial charge in [-0.1, -0.05) is 20.3 Å². The Kier molecular flexibility index (Phi) is 2.52. The van der Waals surface area contributed by atoms with Gasteiger partial charge in [0.2, 0.25) is 0 Å². The predicted octanol–water partition coefficient (Wildman–Crippen LogP) is 1.78. The normalized spacial score (nSPS) is 29.0. The zero-order valence-electron chi connectivity index (χ0n) is 6.48. The number of rotatable bonds is 1. The van der Waals surface area contributed by atoms with E-state index in [1.165, 1.54) is 25.8 Å². The van der Waals surface area contributed by atoms with Crippen molar-refractivity contribution < 1.29 is 0 Å². The Balaban J connectivity index is 2.23. The number of hydrogen-bond acceptors (Lipinski definition) is 1. The van der Waals surface area contributed by atoms with Gasteiger partial charge in [-0.15, -0.1) is 0 Å². The molecule has 54 valence electrons. The minimum Gasteiger partial charge on any atom is -0.314 e. The molecule has 0 aromatic rings. The summed E-state index contributed by atoms with van der Waals surface area (Å²) in [6.45, 7) is 5.83. The van der Waals surface area contributed by atoms with Crippen LogP contribution in [0.25, 0.3) is 0 Å². The van der Waals surface area contributed by atoms with Crippen molar-refractivity contribution in [2.24, 2.45) is 5.92 Å². The summed E-state index contributed by atoms with van der Waals surface area (Å²) in [6, 6.07) is 0.804. The molecule has 1 aliphatic heterocycles. The number of hydrogen-bond donors (Lipinski definition) is 1. The van der Waals surface area contributed by atoms with Crippen molar-refractivity contribution in [1.29, 1.82) is 0 Å². The second kappa shape index (κ2) is 3.21. The van der Waals surface area contributed by atoms with E-state index in [0.29, 0.717) is 0 Å². The lowest BCUT2D eigenvalue weighted by Gasteiger charge is -2.26. The Hall–Kier alpha value is -0.0400. The molecule has 0 aromatic carbocycles. The van der Waals surface area contributed by atoms with E-state index in [9.17, 15) is 0 Å². The topological polar surface area (TPSA) is 12.0 Å². The number of piperidine rings is 1. The maximum absolute atomic E-state index is 3.52. The van der Waals surface area contributed by atoms with Gasteiger partial charge in [-0.3, -0.25) is 0 Å². The molecule has 0 bridgehead atoms. The molecule has 0 aromatic heterocycles. The second-order valence-corrected chi connectivity index (χ2v) is 3.30. The lowest BCUT2D eigenvalue weighted by molar-refractivity contribution is 0.326. The molecule has 1 saturated heterocycles. The van der Waals surface area contributed by atoms with E-state index in [0.717, 1.165) is 12.0 Å². The highest BCUT2D eigenvalue weighted by atomic mass is 14.9. The quantitative estimate of drug-likeness (QED) is 0.566. The van der Waals surface area contributed by atoms with Crippen LogP contribution in [0, 0.1) is 5.92 Å². The minimum absolute atomic E-state index is 0.804. The average molecular weight is 127 g/mol. The standard InChI is InChI=1S/C8H17N/c1-7(2)8-5-3-4-6-9-8/h7-9H,3-6H2,1-2H3/t8-/m1/s1. The van der Waals surface area contributed by atoms with Gasteiger partial charge in [-0.25, -0.2) is 0 Å². The van der Waals surface area contributed by atoms with E-state index in [1.54, 1.807) is 0 Å². The van der Waals surface area contributed by atoms with Gasteiger partial charge in [0.1, 0.15) is 0 Å². The Morgan fingerprint density at radius 1 is 1.33 bits per heavy atom. The number of nitrogens with one attached hydrogen (secondary N) is 1. The van der Waals surface area contributed by atoms with E-state index < -0.39 is 0 Å². The Morgan fingerprint density at radius 3 is 2.44 bits per heavy atom. The maximum Gasteiger partial charge on any atom is 0.00900 e. The first-order valence-corrected chi connectivity index (χ1v) is 4.04. The fourth-order valence-electron chi connectivity index (χ4n) is 1.45. The van der Waals surface area contributed by atoms with Crippen LogP contribution in [0.1, 0.15) is 33.1 Å². The molecule has 0 radical (unpaired) electrons. The van der Waals surface area contributed by atoms with Gasteiger partial charge in [0.25, 0.3) is 0 Å². The summed E-state index contributed by atoms with van der Waals surface area (Å²) < 4.78 is 0. The van der Waals surface area contributed by atoms with E-state index in [1.807, 2.05) is 0 Å². The summed E-state index contributed by atoms with van der Waals surface area (Å²) in [5, 5.41) is 3.52. The molecule has 0 unspecified atom stereocenters. The van der Waals surface area contributed by atoms with Crippen LogP contribution in [-0.2, 0) is 0 Å². The highest BCUT2D eigenvalue weighted by molar-refractivity contribution is 4.74. The Bertz CT molecular complexity index is 72.6. The van der Waals surface area contributed by atoms with Crippen LogP contribution in [0.5, 0.6) is 0 Å². The molecule has 1 heteroatoms. The summed E-state index contributed by atoms with van der Waals surface area (Å²) in [5.74, 6) is 0.824. The summed E-state index contributed by atoms with van der Waals surface area (Å²) in [4.78, 5) is 0. The first-order valence-electron chi connectivity index (χ1n) is 4.04. The third kappa shape index (κ3) is 1.98. The summed E-state index contributed by atoms with van der Waals surface area (Å²) in [5.41, 5.74) is 0. The van der Waals surface area contributed by atoms with Crippen molar-refractivity contribution >= 4 is 0 Å². The average Bonchev–Trinajstić information content (AvgIpc) is 1.90. The van der Waals surface area contributed by atoms with Crippen molar-refractivity contribution in [3.8, 4) is 0 Å². The fourth-order valence-corrected chi connectivity index (χ4v) is 1.45. The Labute approximate surface area is 57.8 Å². The first-order chi connectivity index (χ1) is 4.30. The third-order valence-corrected chi connectivity index (χ3v) is 2.15. The van der Waals surface area contributed by atoms with Gasteiger partial charge in [-0.05, 0) is 25.3 Å². The van der Waals surface area contributed by atoms with Gasteiger partial charge in [-0.2, -0.15) is 0 Å². The predicted molar refractivity (Wildman–Crippen MR) is 40.5 cm³/mol. The molecule has 9 heavy (non-hydrogen) atoms. The van der Waals surface area contributed by atoms with Gasteiger partial charge < -0.3 is 5.32 Å². The van der Waals surface area contributed by atoms with E-state index >= 15 is 0 Å². The lowest BCUT2D eigenvalue weighted by atomic mass is 9.95. The third-order valence-electron chi connectivity index (χ3n) is 2.15. The van der Waals surface area contributed by atoms with Gasteiger partial charge in [0.05, 0.1) is 0 Å².